The van der Waals surface area contributed by atoms with Crippen LogP contribution in [0.4, 0.5) is 4.39 Å². The summed E-state index contributed by atoms with van der Waals surface area (Å²) in [6, 6.07) is 4.29. The number of hydrogen-bond donors (Lipinski definition) is 0. The largest absolute Gasteiger partial charge is 0.469 e. The van der Waals surface area contributed by atoms with Gasteiger partial charge in [0.25, 0.3) is 0 Å². The summed E-state index contributed by atoms with van der Waals surface area (Å²) in [7, 11) is 1.36. The molecule has 0 bridgehead atoms. The lowest BCUT2D eigenvalue weighted by molar-refractivity contribution is -0.148. The molecule has 1 aliphatic heterocycles. The zero-order valence-electron chi connectivity index (χ0n) is 11.8. The Morgan fingerprint density at radius 3 is 2.62 bits per heavy atom. The Labute approximate surface area is 127 Å². The van der Waals surface area contributed by atoms with Crippen molar-refractivity contribution in [2.45, 2.75) is 19.3 Å². The van der Waals surface area contributed by atoms with Crippen LogP contribution in [0.2, 0.25) is 5.02 Å². The quantitative estimate of drug-likeness (QED) is 0.805. The molecule has 0 spiro atoms. The summed E-state index contributed by atoms with van der Waals surface area (Å²) in [6.45, 7) is 0.988. The van der Waals surface area contributed by atoms with Gasteiger partial charge in [-0.1, -0.05) is 17.7 Å². The zero-order chi connectivity index (χ0) is 15.4. The fourth-order valence-electron chi connectivity index (χ4n) is 2.47. The Morgan fingerprint density at radius 1 is 1.38 bits per heavy atom. The number of esters is 1. The fraction of sp³-hybridized carbons (Fsp3) is 0.467. The number of piperidine rings is 1. The van der Waals surface area contributed by atoms with Gasteiger partial charge in [0.2, 0.25) is 5.91 Å². The standard InChI is InChI=1S/C15H17ClFNO3/c1-21-15(20)10-4-6-18(7-5-10)14(19)8-11-2-3-12(16)9-13(11)17/h2-3,9-10H,4-8H2,1H3. The number of likely N-dealkylation sites (tertiary alicyclic amines) is 1. The molecule has 0 atom stereocenters. The topological polar surface area (TPSA) is 46.6 Å². The third kappa shape index (κ3) is 3.94. The van der Waals surface area contributed by atoms with Crippen LogP contribution in [-0.4, -0.2) is 37.0 Å². The lowest BCUT2D eigenvalue weighted by Gasteiger charge is -2.30. The number of rotatable bonds is 3. The number of nitrogens with zero attached hydrogens (tertiary/aromatic N) is 1. The number of hydrogen-bond acceptors (Lipinski definition) is 3. The molecule has 0 aromatic heterocycles. The van der Waals surface area contributed by atoms with Crippen molar-refractivity contribution in [3.05, 3.63) is 34.6 Å². The van der Waals surface area contributed by atoms with Gasteiger partial charge in [0, 0.05) is 18.1 Å². The number of amides is 1. The first-order chi connectivity index (χ1) is 10.0. The highest BCUT2D eigenvalue weighted by Gasteiger charge is 2.28. The normalized spacial score (nSPS) is 15.9. The molecule has 0 aliphatic carbocycles. The van der Waals surface area contributed by atoms with E-state index in [0.29, 0.717) is 36.5 Å². The Hall–Kier alpha value is -1.62. The number of methoxy groups -OCH3 is 1. The molecule has 6 heteroatoms. The Bertz CT molecular complexity index is 542. The Balaban J connectivity index is 1.92. The molecule has 1 aliphatic rings. The van der Waals surface area contributed by atoms with E-state index in [2.05, 4.69) is 0 Å². The highest BCUT2D eigenvalue weighted by Crippen LogP contribution is 2.20. The minimum Gasteiger partial charge on any atom is -0.469 e. The number of halogens is 2. The van der Waals surface area contributed by atoms with Gasteiger partial charge in [-0.2, -0.15) is 0 Å². The first kappa shape index (κ1) is 15.8. The van der Waals surface area contributed by atoms with Gasteiger partial charge in [-0.25, -0.2) is 4.39 Å². The van der Waals surface area contributed by atoms with Gasteiger partial charge in [0.05, 0.1) is 19.4 Å². The summed E-state index contributed by atoms with van der Waals surface area (Å²) in [5.74, 6) is -0.989. The number of carbonyl (C=O) groups is 2. The van der Waals surface area contributed by atoms with Crippen LogP contribution in [0.1, 0.15) is 18.4 Å². The van der Waals surface area contributed by atoms with Crippen LogP contribution in [0.25, 0.3) is 0 Å². The Morgan fingerprint density at radius 2 is 2.05 bits per heavy atom. The number of ether oxygens (including phenoxy) is 1. The van der Waals surface area contributed by atoms with Crippen molar-refractivity contribution in [2.75, 3.05) is 20.2 Å². The van der Waals surface area contributed by atoms with Gasteiger partial charge in [0.1, 0.15) is 5.82 Å². The second-order valence-corrected chi connectivity index (χ2v) is 5.53. The lowest BCUT2D eigenvalue weighted by Crippen LogP contribution is -2.41. The van der Waals surface area contributed by atoms with E-state index in [1.165, 1.54) is 19.2 Å². The first-order valence-electron chi connectivity index (χ1n) is 6.80. The molecule has 0 radical (unpaired) electrons. The van der Waals surface area contributed by atoms with E-state index in [0.717, 1.165) is 0 Å². The molecule has 1 aromatic carbocycles. The van der Waals surface area contributed by atoms with Crippen molar-refractivity contribution in [2.24, 2.45) is 5.92 Å². The van der Waals surface area contributed by atoms with E-state index < -0.39 is 5.82 Å². The predicted octanol–water partition coefficient (Wildman–Crippen LogP) is 2.43. The molecule has 1 aromatic rings. The first-order valence-corrected chi connectivity index (χ1v) is 7.18. The van der Waals surface area contributed by atoms with Crippen molar-refractivity contribution < 1.29 is 18.7 Å². The molecule has 0 N–H and O–H groups in total. The average Bonchev–Trinajstić information content (AvgIpc) is 2.49. The predicted molar refractivity (Wildman–Crippen MR) is 76.4 cm³/mol. The maximum Gasteiger partial charge on any atom is 0.308 e. The van der Waals surface area contributed by atoms with E-state index in [9.17, 15) is 14.0 Å². The van der Waals surface area contributed by atoms with Crippen LogP contribution in [0, 0.1) is 11.7 Å². The monoisotopic (exact) mass is 313 g/mol. The smallest absolute Gasteiger partial charge is 0.308 e. The summed E-state index contributed by atoms with van der Waals surface area (Å²) >= 11 is 5.68. The zero-order valence-corrected chi connectivity index (χ0v) is 12.5. The van der Waals surface area contributed by atoms with E-state index in [-0.39, 0.29) is 24.2 Å². The van der Waals surface area contributed by atoms with Crippen LogP contribution < -0.4 is 0 Å². The van der Waals surface area contributed by atoms with Gasteiger partial charge >= 0.3 is 5.97 Å². The summed E-state index contributed by atoms with van der Waals surface area (Å²) < 4.78 is 18.4. The molecular weight excluding hydrogens is 297 g/mol. The van der Waals surface area contributed by atoms with Crippen molar-refractivity contribution in [1.82, 2.24) is 4.90 Å². The van der Waals surface area contributed by atoms with Crippen LogP contribution >= 0.6 is 11.6 Å². The van der Waals surface area contributed by atoms with E-state index >= 15 is 0 Å². The maximum atomic E-state index is 13.7. The Kier molecular flexibility index (Phi) is 5.17. The molecule has 2 rings (SSSR count). The second kappa shape index (κ2) is 6.89. The van der Waals surface area contributed by atoms with Gasteiger partial charge in [0.15, 0.2) is 0 Å². The summed E-state index contributed by atoms with van der Waals surface area (Å²) in [5.41, 5.74) is 0.333. The van der Waals surface area contributed by atoms with Crippen molar-refractivity contribution >= 4 is 23.5 Å². The van der Waals surface area contributed by atoms with E-state index in [1.54, 1.807) is 11.0 Å². The van der Waals surface area contributed by atoms with Crippen LogP contribution in [0.5, 0.6) is 0 Å². The van der Waals surface area contributed by atoms with Crippen LogP contribution in [0.15, 0.2) is 18.2 Å². The molecular formula is C15H17ClFNO3. The highest BCUT2D eigenvalue weighted by molar-refractivity contribution is 6.30. The van der Waals surface area contributed by atoms with Gasteiger partial charge < -0.3 is 9.64 Å². The van der Waals surface area contributed by atoms with Crippen molar-refractivity contribution in [1.29, 1.82) is 0 Å². The third-order valence-electron chi connectivity index (χ3n) is 3.74. The molecule has 21 heavy (non-hydrogen) atoms. The maximum absolute atomic E-state index is 13.7. The number of carbonyl (C=O) groups excluding carboxylic acids is 2. The summed E-state index contributed by atoms with van der Waals surface area (Å²) in [5, 5.41) is 0.308. The van der Waals surface area contributed by atoms with E-state index in [1.807, 2.05) is 0 Å². The fourth-order valence-corrected chi connectivity index (χ4v) is 2.63. The van der Waals surface area contributed by atoms with Gasteiger partial charge in [-0.05, 0) is 30.5 Å². The number of benzene rings is 1. The molecule has 1 heterocycles. The molecule has 1 amide bonds. The minimum atomic E-state index is -0.472. The van der Waals surface area contributed by atoms with Crippen LogP contribution in [0.3, 0.4) is 0 Å². The molecule has 0 unspecified atom stereocenters. The summed E-state index contributed by atoms with van der Waals surface area (Å²) in [4.78, 5) is 25.2. The lowest BCUT2D eigenvalue weighted by atomic mass is 9.96. The third-order valence-corrected chi connectivity index (χ3v) is 3.97. The SMILES string of the molecule is COC(=O)C1CCN(C(=O)Cc2ccc(Cl)cc2F)CC1. The molecule has 0 saturated carbocycles. The summed E-state index contributed by atoms with van der Waals surface area (Å²) in [6.07, 6.45) is 1.18. The second-order valence-electron chi connectivity index (χ2n) is 5.09. The molecule has 1 fully saturated rings. The van der Waals surface area contributed by atoms with Crippen molar-refractivity contribution in [3.8, 4) is 0 Å². The molecule has 1 saturated heterocycles. The minimum absolute atomic E-state index is 0.00585. The molecule has 4 nitrogen and oxygen atoms in total. The van der Waals surface area contributed by atoms with Crippen LogP contribution in [-0.2, 0) is 20.7 Å². The van der Waals surface area contributed by atoms with E-state index in [4.69, 9.17) is 16.3 Å². The van der Waals surface area contributed by atoms with Crippen molar-refractivity contribution in [3.63, 3.8) is 0 Å². The van der Waals surface area contributed by atoms with Gasteiger partial charge in [-0.3, -0.25) is 9.59 Å². The average molecular weight is 314 g/mol. The highest BCUT2D eigenvalue weighted by atomic mass is 35.5. The van der Waals surface area contributed by atoms with Gasteiger partial charge in [-0.15, -0.1) is 0 Å². The molecule has 114 valence electrons.